The van der Waals surface area contributed by atoms with Crippen molar-refractivity contribution in [3.8, 4) is 5.75 Å². The van der Waals surface area contributed by atoms with Gasteiger partial charge in [-0.1, -0.05) is 0 Å². The molecule has 0 saturated carbocycles. The van der Waals surface area contributed by atoms with E-state index in [1.54, 1.807) is 41.7 Å². The summed E-state index contributed by atoms with van der Waals surface area (Å²) in [4.78, 5) is 13.5. The SMILES string of the molecule is COc1ccn2ccc(CC(C)N(C)C(=O)[C@H](C)N)c2c1F. The molecule has 0 spiro atoms. The highest BCUT2D eigenvalue weighted by Gasteiger charge is 2.21. The van der Waals surface area contributed by atoms with Gasteiger partial charge in [0.05, 0.1) is 18.7 Å². The van der Waals surface area contributed by atoms with Gasteiger partial charge in [0.1, 0.15) is 0 Å². The Balaban J connectivity index is 2.30. The third-order valence-electron chi connectivity index (χ3n) is 3.94. The lowest BCUT2D eigenvalue weighted by Gasteiger charge is -2.26. The fourth-order valence-electron chi connectivity index (χ4n) is 2.52. The standard InChI is InChI=1S/C16H22FN3O2/c1-10(19(3)16(21)11(2)18)9-12-5-7-20-8-6-13(22-4)14(17)15(12)20/h5-8,10-11H,9,18H2,1-4H3/t10?,11-/m0/s1. The number of ether oxygens (including phenoxy) is 1. The number of nitrogens with zero attached hydrogens (tertiary/aromatic N) is 2. The highest BCUT2D eigenvalue weighted by Crippen LogP contribution is 2.26. The van der Waals surface area contributed by atoms with Crippen molar-refractivity contribution in [1.82, 2.24) is 9.30 Å². The van der Waals surface area contributed by atoms with Crippen molar-refractivity contribution < 1.29 is 13.9 Å². The number of carbonyl (C=O) groups excluding carboxylic acids is 1. The van der Waals surface area contributed by atoms with Crippen LogP contribution < -0.4 is 10.5 Å². The highest BCUT2D eigenvalue weighted by atomic mass is 19.1. The molecule has 2 aromatic rings. The Bertz CT molecular complexity index is 681. The van der Waals surface area contributed by atoms with Gasteiger partial charge in [-0.3, -0.25) is 4.79 Å². The summed E-state index contributed by atoms with van der Waals surface area (Å²) in [6.45, 7) is 3.58. The zero-order chi connectivity index (χ0) is 16.4. The molecule has 0 aliphatic heterocycles. The molecule has 0 fully saturated rings. The molecule has 1 amide bonds. The molecule has 0 aromatic carbocycles. The topological polar surface area (TPSA) is 60.0 Å². The van der Waals surface area contributed by atoms with E-state index in [1.165, 1.54) is 7.11 Å². The molecule has 0 aliphatic carbocycles. The van der Waals surface area contributed by atoms with Gasteiger partial charge in [-0.2, -0.15) is 0 Å². The number of amides is 1. The number of likely N-dealkylation sites (N-methyl/N-ethyl adjacent to an activating group) is 1. The smallest absolute Gasteiger partial charge is 0.239 e. The summed E-state index contributed by atoms with van der Waals surface area (Å²) in [6, 6.07) is 2.81. The molecule has 120 valence electrons. The first kappa shape index (κ1) is 16.3. The molecule has 0 saturated heterocycles. The Morgan fingerprint density at radius 1 is 1.41 bits per heavy atom. The number of carbonyl (C=O) groups is 1. The van der Waals surface area contributed by atoms with Gasteiger partial charge in [0, 0.05) is 25.5 Å². The van der Waals surface area contributed by atoms with Gasteiger partial charge in [0.15, 0.2) is 11.6 Å². The van der Waals surface area contributed by atoms with Crippen molar-refractivity contribution in [2.45, 2.75) is 32.4 Å². The van der Waals surface area contributed by atoms with Gasteiger partial charge in [-0.05, 0) is 38.0 Å². The largest absolute Gasteiger partial charge is 0.494 e. The Labute approximate surface area is 129 Å². The Morgan fingerprint density at radius 2 is 2.05 bits per heavy atom. The Hall–Kier alpha value is -2.08. The van der Waals surface area contributed by atoms with Gasteiger partial charge < -0.3 is 19.8 Å². The second-order valence-corrected chi connectivity index (χ2v) is 5.59. The van der Waals surface area contributed by atoms with Crippen LogP contribution in [0.25, 0.3) is 5.52 Å². The number of nitrogens with two attached hydrogens (primary N) is 1. The predicted molar refractivity (Wildman–Crippen MR) is 83.5 cm³/mol. The first-order valence-corrected chi connectivity index (χ1v) is 7.21. The van der Waals surface area contributed by atoms with Crippen molar-refractivity contribution in [3.63, 3.8) is 0 Å². The van der Waals surface area contributed by atoms with E-state index in [-0.39, 0.29) is 17.7 Å². The molecule has 1 unspecified atom stereocenters. The summed E-state index contributed by atoms with van der Waals surface area (Å²) >= 11 is 0. The zero-order valence-electron chi connectivity index (χ0n) is 13.3. The molecule has 2 N–H and O–H groups in total. The van der Waals surface area contributed by atoms with Crippen LogP contribution in [-0.4, -0.2) is 41.4 Å². The Kier molecular flexibility index (Phi) is 4.71. The number of fused-ring (bicyclic) bond motifs is 1. The average molecular weight is 307 g/mol. The number of aromatic nitrogens is 1. The van der Waals surface area contributed by atoms with Gasteiger partial charge in [-0.25, -0.2) is 4.39 Å². The summed E-state index contributed by atoms with van der Waals surface area (Å²) in [5.74, 6) is -0.312. The minimum absolute atomic E-state index is 0.0877. The maximum atomic E-state index is 14.5. The van der Waals surface area contributed by atoms with Gasteiger partial charge in [-0.15, -0.1) is 0 Å². The van der Waals surface area contributed by atoms with Crippen LogP contribution in [0.4, 0.5) is 4.39 Å². The molecule has 22 heavy (non-hydrogen) atoms. The molecule has 6 heteroatoms. The van der Waals surface area contributed by atoms with Crippen LogP contribution in [0.5, 0.6) is 5.75 Å². The lowest BCUT2D eigenvalue weighted by Crippen LogP contribution is -2.44. The number of hydrogen-bond donors (Lipinski definition) is 1. The number of pyridine rings is 1. The van der Waals surface area contributed by atoms with Crippen LogP contribution in [0.15, 0.2) is 24.5 Å². The Morgan fingerprint density at radius 3 is 2.64 bits per heavy atom. The van der Waals surface area contributed by atoms with Crippen molar-refractivity contribution in [3.05, 3.63) is 35.9 Å². The van der Waals surface area contributed by atoms with Crippen LogP contribution >= 0.6 is 0 Å². The van der Waals surface area contributed by atoms with Crippen LogP contribution in [0.3, 0.4) is 0 Å². The number of rotatable bonds is 5. The first-order valence-electron chi connectivity index (χ1n) is 7.21. The van der Waals surface area contributed by atoms with Crippen molar-refractivity contribution in [1.29, 1.82) is 0 Å². The van der Waals surface area contributed by atoms with E-state index < -0.39 is 11.9 Å². The molecule has 5 nitrogen and oxygen atoms in total. The number of methoxy groups -OCH3 is 1. The normalized spacial score (nSPS) is 13.9. The lowest BCUT2D eigenvalue weighted by molar-refractivity contribution is -0.132. The van der Waals surface area contributed by atoms with E-state index in [1.807, 2.05) is 13.0 Å². The molecule has 2 rings (SSSR count). The summed E-state index contributed by atoms with van der Waals surface area (Å²) < 4.78 is 21.2. The van der Waals surface area contributed by atoms with E-state index in [2.05, 4.69) is 0 Å². The van der Waals surface area contributed by atoms with Crippen molar-refractivity contribution in [2.24, 2.45) is 5.73 Å². The third kappa shape index (κ3) is 2.92. The molecule has 2 atom stereocenters. The van der Waals surface area contributed by atoms with Crippen LogP contribution in [0.2, 0.25) is 0 Å². The van der Waals surface area contributed by atoms with E-state index in [9.17, 15) is 9.18 Å². The predicted octanol–water partition coefficient (Wildman–Crippen LogP) is 1.82. The fourth-order valence-corrected chi connectivity index (χ4v) is 2.52. The van der Waals surface area contributed by atoms with E-state index in [0.29, 0.717) is 11.9 Å². The maximum Gasteiger partial charge on any atom is 0.239 e. The second-order valence-electron chi connectivity index (χ2n) is 5.59. The summed E-state index contributed by atoms with van der Waals surface area (Å²) in [5, 5.41) is 0. The third-order valence-corrected chi connectivity index (χ3v) is 3.94. The first-order chi connectivity index (χ1) is 10.4. The molecular formula is C16H22FN3O2. The van der Waals surface area contributed by atoms with E-state index >= 15 is 0 Å². The van der Waals surface area contributed by atoms with Crippen LogP contribution in [-0.2, 0) is 11.2 Å². The van der Waals surface area contributed by atoms with Crippen LogP contribution in [0.1, 0.15) is 19.4 Å². The minimum Gasteiger partial charge on any atom is -0.494 e. The quantitative estimate of drug-likeness (QED) is 0.916. The average Bonchev–Trinajstić information content (AvgIpc) is 2.89. The summed E-state index contributed by atoms with van der Waals surface area (Å²) in [5.41, 5.74) is 6.94. The molecule has 2 heterocycles. The summed E-state index contributed by atoms with van der Waals surface area (Å²) in [7, 11) is 3.15. The highest BCUT2D eigenvalue weighted by molar-refractivity contribution is 5.81. The maximum absolute atomic E-state index is 14.5. The van der Waals surface area contributed by atoms with Crippen molar-refractivity contribution in [2.75, 3.05) is 14.2 Å². The van der Waals surface area contributed by atoms with Gasteiger partial charge >= 0.3 is 0 Å². The van der Waals surface area contributed by atoms with Crippen molar-refractivity contribution >= 4 is 11.4 Å². The molecule has 2 aromatic heterocycles. The van der Waals surface area contributed by atoms with Crippen LogP contribution in [0, 0.1) is 5.82 Å². The molecule has 0 aliphatic rings. The minimum atomic E-state index is -0.546. The molecule has 0 bridgehead atoms. The fraction of sp³-hybridized carbons (Fsp3) is 0.438. The zero-order valence-corrected chi connectivity index (χ0v) is 13.3. The van der Waals surface area contributed by atoms with Gasteiger partial charge in [0.2, 0.25) is 5.91 Å². The van der Waals surface area contributed by atoms with Gasteiger partial charge in [0.25, 0.3) is 0 Å². The summed E-state index contributed by atoms with van der Waals surface area (Å²) in [6.07, 6.45) is 4.09. The van der Waals surface area contributed by atoms with E-state index in [4.69, 9.17) is 10.5 Å². The monoisotopic (exact) mass is 307 g/mol. The number of halogens is 1. The molecular weight excluding hydrogens is 285 g/mol. The molecule has 0 radical (unpaired) electrons. The van der Waals surface area contributed by atoms with E-state index in [0.717, 1.165) is 5.56 Å². The second kappa shape index (κ2) is 6.36. The lowest BCUT2D eigenvalue weighted by atomic mass is 10.1. The number of hydrogen-bond acceptors (Lipinski definition) is 3.